The first-order chi connectivity index (χ1) is 18.5. The molecular weight excluding hydrogens is 501 g/mol. The molecule has 202 valence electrons. The zero-order chi connectivity index (χ0) is 26.9. The minimum Gasteiger partial charge on any atom is -0.390 e. The van der Waals surface area contributed by atoms with Gasteiger partial charge in [0.05, 0.1) is 38.4 Å². The Morgan fingerprint density at radius 1 is 1.38 bits per heavy atom. The van der Waals surface area contributed by atoms with E-state index in [-0.39, 0.29) is 23.6 Å². The molecule has 0 aromatic carbocycles. The van der Waals surface area contributed by atoms with Crippen LogP contribution in [0.2, 0.25) is 0 Å². The number of carbonyl (C=O) groups is 1. The van der Waals surface area contributed by atoms with Crippen molar-refractivity contribution in [2.45, 2.75) is 63.0 Å². The van der Waals surface area contributed by atoms with Crippen LogP contribution in [-0.2, 0) is 20.5 Å². The van der Waals surface area contributed by atoms with Gasteiger partial charge in [0.1, 0.15) is 12.3 Å². The summed E-state index contributed by atoms with van der Waals surface area (Å²) in [6, 6.07) is -0.624. The molecule has 5 atom stereocenters. The van der Waals surface area contributed by atoms with Crippen LogP contribution in [0.5, 0.6) is 0 Å². The van der Waals surface area contributed by atoms with Crippen molar-refractivity contribution in [3.8, 4) is 0 Å². The molecule has 4 heterocycles. The van der Waals surface area contributed by atoms with Gasteiger partial charge in [-0.1, -0.05) is 12.8 Å². The van der Waals surface area contributed by atoms with Crippen molar-refractivity contribution in [2.24, 2.45) is 5.73 Å². The van der Waals surface area contributed by atoms with Crippen molar-refractivity contribution >= 4 is 32.4 Å². The zero-order valence-electron chi connectivity index (χ0n) is 21.4. The number of H-pyrrole nitrogens is 2. The van der Waals surface area contributed by atoms with E-state index in [2.05, 4.69) is 35.6 Å². The third kappa shape index (κ3) is 7.11. The highest BCUT2D eigenvalue weighted by molar-refractivity contribution is 7.09. The third-order valence-corrected chi connectivity index (χ3v) is 6.38. The molecule has 1 fully saturated rings. The molecule has 0 aliphatic carbocycles. The third-order valence-electron chi connectivity index (χ3n) is 6.21. The van der Waals surface area contributed by atoms with Gasteiger partial charge in [0.2, 0.25) is 11.9 Å². The average molecular weight is 538 g/mol. The number of aromatic amines is 2. The number of nitrogens with one attached hydrogen (secondary N) is 4. The lowest BCUT2D eigenvalue weighted by Gasteiger charge is -2.15. The van der Waals surface area contributed by atoms with Crippen LogP contribution in [0.15, 0.2) is 23.6 Å². The van der Waals surface area contributed by atoms with Crippen molar-refractivity contribution in [3.63, 3.8) is 0 Å². The number of fused-ring (bicyclic) bond motifs is 1. The predicted molar refractivity (Wildman–Crippen MR) is 139 cm³/mol. The Morgan fingerprint density at radius 2 is 2.22 bits per heavy atom. The number of anilines is 1. The normalized spacial score (nSPS) is 21.0. The molecule has 3 aromatic heterocycles. The summed E-state index contributed by atoms with van der Waals surface area (Å²) >= 11 is 0. The molecule has 1 amide bonds. The quantitative estimate of drug-likeness (QED) is 0.113. The van der Waals surface area contributed by atoms with Gasteiger partial charge in [-0.3, -0.25) is 19.1 Å². The number of unbranched alkanes of at least 4 members (excludes halogenated alkanes) is 3. The van der Waals surface area contributed by atoms with Crippen LogP contribution in [0.4, 0.5) is 5.95 Å². The summed E-state index contributed by atoms with van der Waals surface area (Å²) in [5.41, 5.74) is 6.85. The summed E-state index contributed by atoms with van der Waals surface area (Å²) < 4.78 is 19.7. The predicted octanol–water partition coefficient (Wildman–Crippen LogP) is -0.0437. The Kier molecular flexibility index (Phi) is 9.09. The standard InChI is InChI=1S/C22H34N9O5P/c23-14(7-13-9-24-11-27-13)20(33)25-5-3-1-2-4-6-26-22-29-19-18(21(34)30-22)28-12-31(19)17-8-15(32)16(36-17)10-35-37/h9,11-12,14-17,32H,1-8,10,23,37H2,(H,24,27)(H,25,33)(H2,26,29,30,34)/i37T. The fraction of sp³-hybridized carbons (Fsp3) is 0.591. The number of hydrogen-bond acceptors (Lipinski definition) is 10. The monoisotopic (exact) mass is 537 g/mol. The molecule has 0 bridgehead atoms. The first-order valence-corrected chi connectivity index (χ1v) is 12.7. The van der Waals surface area contributed by atoms with Crippen LogP contribution < -0.4 is 21.9 Å². The summed E-state index contributed by atoms with van der Waals surface area (Å²) in [4.78, 5) is 42.9. The van der Waals surface area contributed by atoms with Crippen molar-refractivity contribution < 1.29 is 19.2 Å². The Bertz CT molecular complexity index is 1220. The molecule has 1 aliphatic heterocycles. The first kappa shape index (κ1) is 25.7. The van der Waals surface area contributed by atoms with E-state index in [1.54, 1.807) is 17.1 Å². The molecule has 0 saturated carbocycles. The number of rotatable bonds is 15. The summed E-state index contributed by atoms with van der Waals surface area (Å²) in [7, 11) is -0.438. The Labute approximate surface area is 216 Å². The average Bonchev–Trinajstić information content (AvgIpc) is 3.64. The van der Waals surface area contributed by atoms with E-state index < -0.39 is 33.9 Å². The highest BCUT2D eigenvalue weighted by atomic mass is 31.0. The molecule has 1 aliphatic rings. The summed E-state index contributed by atoms with van der Waals surface area (Å²) in [6.45, 7) is 1.29. The molecule has 37 heavy (non-hydrogen) atoms. The van der Waals surface area contributed by atoms with Gasteiger partial charge < -0.3 is 35.7 Å². The second kappa shape index (κ2) is 13.1. The number of aliphatic hydroxyl groups is 1. The van der Waals surface area contributed by atoms with Crippen LogP contribution in [0.25, 0.3) is 11.2 Å². The second-order valence-electron chi connectivity index (χ2n) is 8.99. The van der Waals surface area contributed by atoms with E-state index in [0.29, 0.717) is 37.5 Å². The summed E-state index contributed by atoms with van der Waals surface area (Å²) in [5.74, 6) is 0.144. The fourth-order valence-corrected chi connectivity index (χ4v) is 4.38. The molecule has 3 aromatic rings. The van der Waals surface area contributed by atoms with Crippen molar-refractivity contribution in [1.82, 2.24) is 34.8 Å². The van der Waals surface area contributed by atoms with Gasteiger partial charge in [0.15, 0.2) is 11.2 Å². The van der Waals surface area contributed by atoms with Gasteiger partial charge in [0.25, 0.3) is 5.56 Å². The summed E-state index contributed by atoms with van der Waals surface area (Å²) in [5, 5.41) is 16.3. The molecule has 15 heteroatoms. The highest BCUT2D eigenvalue weighted by Gasteiger charge is 2.36. The van der Waals surface area contributed by atoms with Crippen LogP contribution in [0, 0.1) is 0 Å². The Hall–Kier alpha value is -2.90. The van der Waals surface area contributed by atoms with E-state index in [1.807, 2.05) is 0 Å². The SMILES string of the molecule is [3H]POCC1OC(n2cnc3c(=O)[nH]c(NCCCCCCNC(=O)C(N)Cc4c[nH]cn4)nc32)CC1O. The topological polar surface area (TPSA) is 198 Å². The number of aliphatic hydroxyl groups excluding tert-OH is 1. The minimum absolute atomic E-state index is 0.124. The molecular formula is C22H34N9O5P. The number of nitrogens with zero attached hydrogens (tertiary/aromatic N) is 4. The van der Waals surface area contributed by atoms with Crippen molar-refractivity contribution in [2.75, 3.05) is 25.0 Å². The molecule has 14 nitrogen and oxygen atoms in total. The van der Waals surface area contributed by atoms with Gasteiger partial charge in [-0.25, -0.2) is 9.97 Å². The van der Waals surface area contributed by atoms with Gasteiger partial charge in [-0.15, -0.1) is 0 Å². The van der Waals surface area contributed by atoms with Gasteiger partial charge >= 0.3 is 0 Å². The van der Waals surface area contributed by atoms with E-state index in [4.69, 9.17) is 16.3 Å². The maximum Gasteiger partial charge on any atom is 0.280 e. The van der Waals surface area contributed by atoms with E-state index >= 15 is 0 Å². The zero-order valence-corrected chi connectivity index (χ0v) is 21.4. The minimum atomic E-state index is -0.750. The molecule has 0 radical (unpaired) electrons. The van der Waals surface area contributed by atoms with Crippen LogP contribution in [-0.4, -0.2) is 79.7 Å². The number of imidazole rings is 2. The first-order valence-electron chi connectivity index (χ1n) is 12.8. The largest absolute Gasteiger partial charge is 0.390 e. The molecule has 4 rings (SSSR count). The number of aromatic nitrogens is 6. The molecule has 5 unspecified atom stereocenters. The van der Waals surface area contributed by atoms with Gasteiger partial charge in [-0.2, -0.15) is 4.98 Å². The van der Waals surface area contributed by atoms with E-state index in [1.165, 1.54) is 6.33 Å². The van der Waals surface area contributed by atoms with Crippen molar-refractivity contribution in [1.29, 1.82) is 1.28 Å². The fourth-order valence-electron chi connectivity index (χ4n) is 4.21. The number of ether oxygens (including phenoxy) is 1. The van der Waals surface area contributed by atoms with Crippen LogP contribution >= 0.6 is 9.41 Å². The van der Waals surface area contributed by atoms with E-state index in [0.717, 1.165) is 31.4 Å². The highest BCUT2D eigenvalue weighted by Crippen LogP contribution is 2.30. The maximum absolute atomic E-state index is 12.5. The smallest absolute Gasteiger partial charge is 0.280 e. The Morgan fingerprint density at radius 3 is 3.00 bits per heavy atom. The second-order valence-corrected chi connectivity index (χ2v) is 9.27. The summed E-state index contributed by atoms with van der Waals surface area (Å²) in [6.07, 6.45) is 7.16. The molecule has 7 N–H and O–H groups in total. The van der Waals surface area contributed by atoms with E-state index in [9.17, 15) is 14.7 Å². The van der Waals surface area contributed by atoms with Gasteiger partial charge in [0, 0.05) is 41.5 Å². The lowest BCUT2D eigenvalue weighted by atomic mass is 10.1. The molecule has 1 saturated heterocycles. The molecule has 0 spiro atoms. The van der Waals surface area contributed by atoms with Crippen LogP contribution in [0.3, 0.4) is 0 Å². The lowest BCUT2D eigenvalue weighted by molar-refractivity contribution is -0.122. The number of carbonyl (C=O) groups excluding carboxylic acids is 1. The Balaban J connectivity index is 1.18. The van der Waals surface area contributed by atoms with Gasteiger partial charge in [-0.05, 0) is 12.8 Å². The lowest BCUT2D eigenvalue weighted by Crippen LogP contribution is -2.42. The number of amides is 1. The number of hydrogen-bond donors (Lipinski definition) is 6. The van der Waals surface area contributed by atoms with Crippen LogP contribution in [0.1, 0.15) is 44.0 Å². The maximum atomic E-state index is 12.5. The number of nitrogens with two attached hydrogens (primary N) is 1. The van der Waals surface area contributed by atoms with Crippen molar-refractivity contribution in [3.05, 3.63) is 34.9 Å².